The molecule has 1 aliphatic rings. The first-order valence-corrected chi connectivity index (χ1v) is 10.3. The molecule has 3 aromatic rings. The lowest BCUT2D eigenvalue weighted by molar-refractivity contribution is -0.131. The molecule has 2 heterocycles. The topological polar surface area (TPSA) is 97.0 Å². The van der Waals surface area contributed by atoms with Gasteiger partial charge in [0.05, 0.1) is 16.1 Å². The van der Waals surface area contributed by atoms with Crippen LogP contribution in [0, 0.1) is 0 Å². The quantitative estimate of drug-likeness (QED) is 0.612. The first kappa shape index (κ1) is 20.4. The highest BCUT2D eigenvalue weighted by molar-refractivity contribution is 7.12. The molecule has 0 saturated heterocycles. The number of amides is 3. The molecule has 0 fully saturated rings. The highest BCUT2D eigenvalue weighted by atomic mass is 32.1. The van der Waals surface area contributed by atoms with Crippen molar-refractivity contribution in [3.05, 3.63) is 76.5 Å². The van der Waals surface area contributed by atoms with Crippen molar-refractivity contribution in [1.29, 1.82) is 0 Å². The van der Waals surface area contributed by atoms with Crippen LogP contribution in [0.4, 0.5) is 5.69 Å². The second kappa shape index (κ2) is 8.88. The number of hydrazine groups is 1. The molecule has 3 amide bonds. The zero-order chi connectivity index (χ0) is 21.8. The minimum absolute atomic E-state index is 0.0212. The van der Waals surface area contributed by atoms with E-state index in [9.17, 15) is 14.4 Å². The van der Waals surface area contributed by atoms with Crippen LogP contribution < -0.4 is 25.2 Å². The van der Waals surface area contributed by atoms with Crippen LogP contribution in [-0.2, 0) is 4.79 Å². The van der Waals surface area contributed by atoms with Gasteiger partial charge in [-0.3, -0.25) is 25.2 Å². The molecule has 2 N–H and O–H groups in total. The van der Waals surface area contributed by atoms with E-state index < -0.39 is 17.9 Å². The highest BCUT2D eigenvalue weighted by Gasteiger charge is 2.28. The van der Waals surface area contributed by atoms with Crippen molar-refractivity contribution < 1.29 is 23.9 Å². The number of hydrogen-bond donors (Lipinski definition) is 2. The van der Waals surface area contributed by atoms with Crippen LogP contribution in [-0.4, -0.2) is 37.5 Å². The van der Waals surface area contributed by atoms with Crippen LogP contribution in [0.5, 0.6) is 11.5 Å². The summed E-state index contributed by atoms with van der Waals surface area (Å²) in [7, 11) is 1.59. The van der Waals surface area contributed by atoms with E-state index in [1.807, 2.05) is 5.38 Å². The average molecular weight is 437 g/mol. The van der Waals surface area contributed by atoms with Crippen molar-refractivity contribution in [3.63, 3.8) is 0 Å². The van der Waals surface area contributed by atoms with E-state index in [1.165, 1.54) is 16.2 Å². The lowest BCUT2D eigenvalue weighted by Gasteiger charge is -2.25. The molecule has 158 valence electrons. The molecule has 0 saturated carbocycles. The number of carbonyl (C=O) groups is 3. The Balaban J connectivity index is 1.41. The van der Waals surface area contributed by atoms with Gasteiger partial charge >= 0.3 is 0 Å². The predicted molar refractivity (Wildman–Crippen MR) is 115 cm³/mol. The number of nitrogens with zero attached hydrogens (tertiary/aromatic N) is 1. The van der Waals surface area contributed by atoms with Crippen molar-refractivity contribution in [2.75, 3.05) is 18.6 Å². The van der Waals surface area contributed by atoms with E-state index in [4.69, 9.17) is 9.47 Å². The average Bonchev–Trinajstić information content (AvgIpc) is 3.36. The summed E-state index contributed by atoms with van der Waals surface area (Å²) in [5.74, 6) is -0.330. The molecule has 1 aliphatic heterocycles. The number of nitrogens with one attached hydrogen (secondary N) is 2. The first-order valence-electron chi connectivity index (χ1n) is 9.44. The maximum Gasteiger partial charge on any atom is 0.283 e. The summed E-state index contributed by atoms with van der Waals surface area (Å²) in [5, 5.41) is 1.81. The Morgan fingerprint density at radius 3 is 2.48 bits per heavy atom. The van der Waals surface area contributed by atoms with Gasteiger partial charge < -0.3 is 14.4 Å². The molecule has 8 nitrogen and oxygen atoms in total. The molecule has 4 rings (SSSR count). The predicted octanol–water partition coefficient (Wildman–Crippen LogP) is 2.63. The number of hydrogen-bond acceptors (Lipinski definition) is 6. The van der Waals surface area contributed by atoms with Gasteiger partial charge in [0.25, 0.3) is 17.7 Å². The van der Waals surface area contributed by atoms with Crippen LogP contribution >= 0.6 is 11.3 Å². The molecule has 1 aromatic heterocycles. The summed E-state index contributed by atoms with van der Waals surface area (Å²) < 4.78 is 11.1. The van der Waals surface area contributed by atoms with Crippen molar-refractivity contribution >= 4 is 34.7 Å². The van der Waals surface area contributed by atoms with E-state index in [2.05, 4.69) is 10.9 Å². The largest absolute Gasteiger partial charge is 0.485 e. The van der Waals surface area contributed by atoms with Gasteiger partial charge in [0.2, 0.25) is 6.10 Å². The molecule has 9 heteroatoms. The number of benzene rings is 2. The molecule has 2 aromatic carbocycles. The Kier molecular flexibility index (Phi) is 5.85. The number of fused-ring (bicyclic) bond motifs is 1. The van der Waals surface area contributed by atoms with Crippen LogP contribution in [0.2, 0.25) is 0 Å². The van der Waals surface area contributed by atoms with Crippen LogP contribution in [0.1, 0.15) is 20.0 Å². The van der Waals surface area contributed by atoms with Crippen LogP contribution in [0.15, 0.2) is 66.0 Å². The van der Waals surface area contributed by atoms with E-state index in [0.29, 0.717) is 22.1 Å². The van der Waals surface area contributed by atoms with E-state index in [1.54, 1.807) is 67.7 Å². The van der Waals surface area contributed by atoms with Crippen LogP contribution in [0.25, 0.3) is 0 Å². The maximum atomic E-state index is 12.7. The summed E-state index contributed by atoms with van der Waals surface area (Å²) in [4.78, 5) is 39.8. The Labute approximate surface area is 182 Å². The molecule has 0 radical (unpaired) electrons. The van der Waals surface area contributed by atoms with Gasteiger partial charge in [-0.15, -0.1) is 11.3 Å². The standard InChI is InChI=1S/C22H19N3O5S/c1-25(22(28)19-11-6-12-31-19)15-8-3-2-7-14(15)20(26)23-24-21(27)18-13-29-16-9-4-5-10-17(16)30-18/h2-12,18H,13H2,1H3,(H,23,26)(H,24,27). The Morgan fingerprint density at radius 1 is 0.968 bits per heavy atom. The van der Waals surface area contributed by atoms with Crippen molar-refractivity contribution in [2.24, 2.45) is 0 Å². The van der Waals surface area contributed by atoms with Crippen molar-refractivity contribution in [1.82, 2.24) is 10.9 Å². The molecule has 0 spiro atoms. The zero-order valence-electron chi connectivity index (χ0n) is 16.5. The van der Waals surface area contributed by atoms with Crippen LogP contribution in [0.3, 0.4) is 0 Å². The summed E-state index contributed by atoms with van der Waals surface area (Å²) in [6.07, 6.45) is -0.909. The van der Waals surface area contributed by atoms with Gasteiger partial charge in [-0.25, -0.2) is 0 Å². The van der Waals surface area contributed by atoms with Gasteiger partial charge in [0.1, 0.15) is 6.61 Å². The lowest BCUT2D eigenvalue weighted by Crippen LogP contribution is -2.51. The first-order chi connectivity index (χ1) is 15.0. The maximum absolute atomic E-state index is 12.7. The summed E-state index contributed by atoms with van der Waals surface area (Å²) in [6, 6.07) is 17.2. The fourth-order valence-electron chi connectivity index (χ4n) is 3.05. The third-order valence-electron chi connectivity index (χ3n) is 4.65. The number of anilines is 1. The molecule has 1 atom stereocenters. The second-order valence-electron chi connectivity index (χ2n) is 6.67. The third-order valence-corrected chi connectivity index (χ3v) is 5.50. The number of para-hydroxylation sites is 3. The summed E-state index contributed by atoms with van der Waals surface area (Å²) in [5.41, 5.74) is 5.39. The minimum Gasteiger partial charge on any atom is -0.485 e. The highest BCUT2D eigenvalue weighted by Crippen LogP contribution is 2.30. The van der Waals surface area contributed by atoms with Gasteiger partial charge in [-0.1, -0.05) is 30.3 Å². The Hall–Kier alpha value is -3.85. The van der Waals surface area contributed by atoms with Gasteiger partial charge in [0.15, 0.2) is 11.5 Å². The van der Waals surface area contributed by atoms with E-state index in [-0.39, 0.29) is 18.1 Å². The molecule has 0 aliphatic carbocycles. The fourth-order valence-corrected chi connectivity index (χ4v) is 3.75. The normalized spacial score (nSPS) is 14.4. The van der Waals surface area contributed by atoms with E-state index >= 15 is 0 Å². The summed E-state index contributed by atoms with van der Waals surface area (Å²) >= 11 is 1.32. The smallest absolute Gasteiger partial charge is 0.283 e. The molecule has 0 bridgehead atoms. The molecular weight excluding hydrogens is 418 g/mol. The lowest BCUT2D eigenvalue weighted by atomic mass is 10.1. The molecular formula is C22H19N3O5S. The van der Waals surface area contributed by atoms with Crippen molar-refractivity contribution in [2.45, 2.75) is 6.10 Å². The fraction of sp³-hybridized carbons (Fsp3) is 0.136. The third kappa shape index (κ3) is 4.36. The monoisotopic (exact) mass is 437 g/mol. The van der Waals surface area contributed by atoms with Crippen molar-refractivity contribution in [3.8, 4) is 11.5 Å². The zero-order valence-corrected chi connectivity index (χ0v) is 17.3. The SMILES string of the molecule is CN(C(=O)c1cccs1)c1ccccc1C(=O)NNC(=O)C1COc2ccccc2O1. The minimum atomic E-state index is -0.909. The molecule has 31 heavy (non-hydrogen) atoms. The molecule has 1 unspecified atom stereocenters. The van der Waals surface area contributed by atoms with Gasteiger partial charge in [-0.05, 0) is 35.7 Å². The Morgan fingerprint density at radius 2 is 1.71 bits per heavy atom. The summed E-state index contributed by atoms with van der Waals surface area (Å²) in [6.45, 7) is 0.0212. The van der Waals surface area contributed by atoms with Gasteiger partial charge in [-0.2, -0.15) is 0 Å². The number of thiophene rings is 1. The van der Waals surface area contributed by atoms with E-state index in [0.717, 1.165) is 0 Å². The van der Waals surface area contributed by atoms with Gasteiger partial charge in [0, 0.05) is 7.05 Å². The number of carbonyl (C=O) groups excluding carboxylic acids is 3. The Bertz CT molecular complexity index is 1120. The second-order valence-corrected chi connectivity index (χ2v) is 7.61. The number of ether oxygens (including phenoxy) is 2. The number of rotatable bonds is 4.